The Morgan fingerprint density at radius 2 is 2.37 bits per heavy atom. The van der Waals surface area contributed by atoms with Crippen molar-refractivity contribution in [1.29, 1.82) is 0 Å². The minimum absolute atomic E-state index is 0.168. The zero-order valence-electron chi connectivity index (χ0n) is 11.3. The number of pyridine rings is 1. The monoisotopic (exact) mass is 268 g/mol. The fourth-order valence-electron chi connectivity index (χ4n) is 2.40. The van der Waals surface area contributed by atoms with Gasteiger partial charge in [-0.05, 0) is 19.9 Å². The number of rotatable bonds is 4. The van der Waals surface area contributed by atoms with E-state index in [0.29, 0.717) is 18.2 Å². The fourth-order valence-corrected chi connectivity index (χ4v) is 2.40. The molecule has 6 heteroatoms. The summed E-state index contributed by atoms with van der Waals surface area (Å²) in [4.78, 5) is 6.06. The van der Waals surface area contributed by atoms with Crippen molar-refractivity contribution in [2.24, 2.45) is 5.84 Å². The predicted octanol–water partition coefficient (Wildman–Crippen LogP) is 0.834. The smallest absolute Gasteiger partial charge is 0.146 e. The van der Waals surface area contributed by atoms with Gasteiger partial charge in [0.2, 0.25) is 0 Å². The Hall–Kier alpha value is -1.08. The largest absolute Gasteiger partial charge is 0.374 e. The number of nitrogens with one attached hydrogen (secondary N) is 1. The highest BCUT2D eigenvalue weighted by molar-refractivity contribution is 5.19. The van der Waals surface area contributed by atoms with Crippen LogP contribution in [-0.2, 0) is 4.74 Å². The molecule has 2 rings (SSSR count). The molecule has 0 spiro atoms. The molecule has 0 radical (unpaired) electrons. The van der Waals surface area contributed by atoms with Crippen molar-refractivity contribution < 1.29 is 9.13 Å². The van der Waals surface area contributed by atoms with Crippen molar-refractivity contribution in [3.8, 4) is 0 Å². The zero-order valence-corrected chi connectivity index (χ0v) is 11.3. The number of ether oxygens (including phenoxy) is 1. The molecule has 19 heavy (non-hydrogen) atoms. The number of hydrogen-bond donors (Lipinski definition) is 2. The summed E-state index contributed by atoms with van der Waals surface area (Å²) >= 11 is 0. The summed E-state index contributed by atoms with van der Waals surface area (Å²) in [6.07, 6.45) is 2.59. The quantitative estimate of drug-likeness (QED) is 0.625. The first-order chi connectivity index (χ1) is 9.13. The van der Waals surface area contributed by atoms with Crippen LogP contribution in [0.25, 0.3) is 0 Å². The second kappa shape index (κ2) is 6.38. The van der Waals surface area contributed by atoms with Gasteiger partial charge in [-0.3, -0.25) is 21.2 Å². The molecule has 1 aromatic rings. The first-order valence-corrected chi connectivity index (χ1v) is 6.54. The van der Waals surface area contributed by atoms with Gasteiger partial charge in [0, 0.05) is 30.9 Å². The van der Waals surface area contributed by atoms with E-state index in [1.165, 1.54) is 6.20 Å². The number of aromatic nitrogens is 1. The molecule has 1 aliphatic heterocycles. The molecule has 5 nitrogen and oxygen atoms in total. The van der Waals surface area contributed by atoms with Crippen molar-refractivity contribution in [1.82, 2.24) is 15.3 Å². The minimum atomic E-state index is -0.371. The molecule has 0 saturated carbocycles. The highest BCUT2D eigenvalue weighted by Crippen LogP contribution is 2.24. The van der Waals surface area contributed by atoms with E-state index in [-0.39, 0.29) is 18.0 Å². The third-order valence-electron chi connectivity index (χ3n) is 3.55. The average Bonchev–Trinajstić information content (AvgIpc) is 2.42. The molecule has 0 aliphatic carbocycles. The number of nitrogens with zero attached hydrogens (tertiary/aromatic N) is 2. The second-order valence-corrected chi connectivity index (χ2v) is 5.04. The van der Waals surface area contributed by atoms with Gasteiger partial charge in [0.15, 0.2) is 0 Å². The summed E-state index contributed by atoms with van der Waals surface area (Å²) in [5.41, 5.74) is 3.16. The third kappa shape index (κ3) is 3.27. The van der Waals surface area contributed by atoms with Gasteiger partial charge >= 0.3 is 0 Å². The lowest BCUT2D eigenvalue weighted by Gasteiger charge is -2.38. The van der Waals surface area contributed by atoms with Gasteiger partial charge in [0.25, 0.3) is 0 Å². The van der Waals surface area contributed by atoms with Crippen molar-refractivity contribution in [3.05, 3.63) is 29.8 Å². The van der Waals surface area contributed by atoms with Crippen LogP contribution >= 0.6 is 0 Å². The topological polar surface area (TPSA) is 63.4 Å². The first-order valence-electron chi connectivity index (χ1n) is 6.54. The van der Waals surface area contributed by atoms with Crippen molar-refractivity contribution >= 4 is 0 Å². The van der Waals surface area contributed by atoms with E-state index in [4.69, 9.17) is 10.6 Å². The van der Waals surface area contributed by atoms with E-state index in [9.17, 15) is 4.39 Å². The van der Waals surface area contributed by atoms with Crippen molar-refractivity contribution in [3.63, 3.8) is 0 Å². The van der Waals surface area contributed by atoms with E-state index in [2.05, 4.69) is 29.2 Å². The van der Waals surface area contributed by atoms with Crippen LogP contribution in [0.1, 0.15) is 25.5 Å². The lowest BCUT2D eigenvalue weighted by Crippen LogP contribution is -2.51. The number of nitrogens with two attached hydrogens (primary N) is 1. The van der Waals surface area contributed by atoms with E-state index < -0.39 is 0 Å². The molecule has 3 N–H and O–H groups in total. The lowest BCUT2D eigenvalue weighted by atomic mass is 10.0. The molecule has 2 unspecified atom stereocenters. The maximum atomic E-state index is 13.8. The minimum Gasteiger partial charge on any atom is -0.374 e. The van der Waals surface area contributed by atoms with Crippen LogP contribution < -0.4 is 11.3 Å². The Kier molecular flexibility index (Phi) is 4.81. The highest BCUT2D eigenvalue weighted by atomic mass is 19.1. The Balaban J connectivity index is 2.16. The summed E-state index contributed by atoms with van der Waals surface area (Å²) in [5, 5.41) is 0. The number of hydrogen-bond acceptors (Lipinski definition) is 5. The van der Waals surface area contributed by atoms with Gasteiger partial charge in [-0.25, -0.2) is 4.39 Å². The normalized spacial score (nSPS) is 22.7. The Morgan fingerprint density at radius 1 is 1.58 bits per heavy atom. The van der Waals surface area contributed by atoms with Gasteiger partial charge in [-0.15, -0.1) is 0 Å². The molecule has 1 aliphatic rings. The first kappa shape index (κ1) is 14.3. The van der Waals surface area contributed by atoms with Gasteiger partial charge in [0.05, 0.1) is 24.9 Å². The summed E-state index contributed by atoms with van der Waals surface area (Å²) in [7, 11) is 0. The molecule has 1 saturated heterocycles. The average molecular weight is 268 g/mol. The van der Waals surface area contributed by atoms with Crippen LogP contribution in [0.15, 0.2) is 18.5 Å². The molecular weight excluding hydrogens is 247 g/mol. The molecule has 2 atom stereocenters. The maximum Gasteiger partial charge on any atom is 0.146 e. The predicted molar refractivity (Wildman–Crippen MR) is 70.7 cm³/mol. The Bertz CT molecular complexity index is 415. The summed E-state index contributed by atoms with van der Waals surface area (Å²) in [5.74, 6) is 5.23. The Labute approximate surface area is 112 Å². The molecule has 1 aromatic heterocycles. The van der Waals surface area contributed by atoms with Crippen LogP contribution in [-0.4, -0.2) is 41.7 Å². The molecule has 0 aromatic carbocycles. The number of hydrazine groups is 1. The zero-order chi connectivity index (χ0) is 13.8. The molecule has 2 heterocycles. The Morgan fingerprint density at radius 3 is 3.00 bits per heavy atom. The fraction of sp³-hybridized carbons (Fsp3) is 0.615. The van der Waals surface area contributed by atoms with Crippen LogP contribution in [0.5, 0.6) is 0 Å². The maximum absolute atomic E-state index is 13.8. The van der Waals surface area contributed by atoms with Crippen molar-refractivity contribution in [2.45, 2.75) is 32.0 Å². The van der Waals surface area contributed by atoms with Gasteiger partial charge in [-0.1, -0.05) is 0 Å². The lowest BCUT2D eigenvalue weighted by molar-refractivity contribution is -0.0566. The molecule has 1 fully saturated rings. The summed E-state index contributed by atoms with van der Waals surface area (Å²) in [6.45, 7) is 6.53. The van der Waals surface area contributed by atoms with Gasteiger partial charge in [0.1, 0.15) is 5.82 Å². The summed E-state index contributed by atoms with van der Waals surface area (Å²) < 4.78 is 19.6. The summed E-state index contributed by atoms with van der Waals surface area (Å²) in [6, 6.07) is 1.70. The van der Waals surface area contributed by atoms with Crippen LogP contribution in [0.2, 0.25) is 0 Å². The van der Waals surface area contributed by atoms with Crippen LogP contribution in [0.4, 0.5) is 4.39 Å². The second-order valence-electron chi connectivity index (χ2n) is 5.04. The highest BCUT2D eigenvalue weighted by Gasteiger charge is 2.31. The van der Waals surface area contributed by atoms with E-state index in [1.54, 1.807) is 12.3 Å². The molecule has 0 amide bonds. The molecule has 106 valence electrons. The van der Waals surface area contributed by atoms with Gasteiger partial charge in [-0.2, -0.15) is 0 Å². The molecular formula is C13H21FN4O. The van der Waals surface area contributed by atoms with Crippen LogP contribution in [0.3, 0.4) is 0 Å². The van der Waals surface area contributed by atoms with Crippen LogP contribution in [0, 0.1) is 5.82 Å². The van der Waals surface area contributed by atoms with Gasteiger partial charge < -0.3 is 4.74 Å². The van der Waals surface area contributed by atoms with E-state index >= 15 is 0 Å². The third-order valence-corrected chi connectivity index (χ3v) is 3.55. The SMILES string of the molecule is CC(C)N1CCOC(C(NN)c2ccncc2F)C1. The van der Waals surface area contributed by atoms with E-state index in [1.807, 2.05) is 0 Å². The number of halogens is 1. The van der Waals surface area contributed by atoms with Crippen molar-refractivity contribution in [2.75, 3.05) is 19.7 Å². The van der Waals surface area contributed by atoms with E-state index in [0.717, 1.165) is 13.1 Å². The molecule has 0 bridgehead atoms. The number of morpholine rings is 1. The standard InChI is InChI=1S/C13H21FN4O/c1-9(2)18-5-6-19-12(8-18)13(17-15)10-3-4-16-7-11(10)14/h3-4,7,9,12-13,17H,5-6,8,15H2,1-2H3.